The summed E-state index contributed by atoms with van der Waals surface area (Å²) >= 11 is 1.70. The Hall–Kier alpha value is -0.870. The quantitative estimate of drug-likeness (QED) is 0.879. The molecule has 88 valence electrons. The molecule has 16 heavy (non-hydrogen) atoms. The van der Waals surface area contributed by atoms with E-state index in [1.54, 1.807) is 11.3 Å². The second kappa shape index (κ2) is 4.97. The van der Waals surface area contributed by atoms with Crippen LogP contribution in [0.2, 0.25) is 0 Å². The van der Waals surface area contributed by atoms with Crippen molar-refractivity contribution < 1.29 is 14.6 Å². The molecule has 0 amide bonds. The van der Waals surface area contributed by atoms with Crippen molar-refractivity contribution in [3.8, 4) is 0 Å². The lowest BCUT2D eigenvalue weighted by molar-refractivity contribution is -0.155. The van der Waals surface area contributed by atoms with E-state index in [1.807, 2.05) is 11.4 Å². The van der Waals surface area contributed by atoms with E-state index in [-0.39, 0.29) is 0 Å². The average molecular weight is 240 g/mol. The van der Waals surface area contributed by atoms with E-state index in [4.69, 9.17) is 4.74 Å². The maximum absolute atomic E-state index is 11.4. The van der Waals surface area contributed by atoms with Gasteiger partial charge >= 0.3 is 5.97 Å². The van der Waals surface area contributed by atoms with Gasteiger partial charge in [-0.1, -0.05) is 6.07 Å². The van der Waals surface area contributed by atoms with Crippen molar-refractivity contribution in [2.45, 2.75) is 25.7 Å². The molecule has 1 aliphatic rings. The average Bonchev–Trinajstić information content (AvgIpc) is 2.80. The third-order valence-corrected chi connectivity index (χ3v) is 4.27. The van der Waals surface area contributed by atoms with Crippen LogP contribution >= 0.6 is 11.3 Å². The van der Waals surface area contributed by atoms with Gasteiger partial charge in [-0.15, -0.1) is 11.3 Å². The molecule has 4 heteroatoms. The summed E-state index contributed by atoms with van der Waals surface area (Å²) in [5, 5.41) is 11.4. The summed E-state index contributed by atoms with van der Waals surface area (Å²) in [5.41, 5.74) is -0.553. The fraction of sp³-hybridized carbons (Fsp3) is 0.583. The maximum Gasteiger partial charge on any atom is 0.309 e. The highest BCUT2D eigenvalue weighted by Crippen LogP contribution is 2.36. The third kappa shape index (κ3) is 2.44. The second-order valence-corrected chi connectivity index (χ2v) is 5.31. The molecule has 0 aliphatic carbocycles. The van der Waals surface area contributed by atoms with E-state index in [0.717, 1.165) is 12.8 Å². The van der Waals surface area contributed by atoms with Gasteiger partial charge in [-0.25, -0.2) is 0 Å². The van der Waals surface area contributed by atoms with Crippen LogP contribution < -0.4 is 0 Å². The summed E-state index contributed by atoms with van der Waals surface area (Å²) in [5.74, 6) is -0.660. The van der Waals surface area contributed by atoms with Gasteiger partial charge in [0.15, 0.2) is 0 Å². The molecule has 3 nitrogen and oxygen atoms in total. The van der Waals surface area contributed by atoms with Crippen LogP contribution in [0.3, 0.4) is 0 Å². The molecular weight excluding hydrogens is 224 g/mol. The van der Waals surface area contributed by atoms with Crippen molar-refractivity contribution in [3.63, 3.8) is 0 Å². The Labute approximate surface area is 99.1 Å². The smallest absolute Gasteiger partial charge is 0.309 e. The van der Waals surface area contributed by atoms with Gasteiger partial charge in [0.25, 0.3) is 0 Å². The van der Waals surface area contributed by atoms with Gasteiger partial charge in [0.2, 0.25) is 0 Å². The summed E-state index contributed by atoms with van der Waals surface area (Å²) in [6.07, 6.45) is 2.89. The minimum Gasteiger partial charge on any atom is -0.481 e. The Morgan fingerprint density at radius 1 is 1.50 bits per heavy atom. The summed E-state index contributed by atoms with van der Waals surface area (Å²) in [4.78, 5) is 12.7. The summed E-state index contributed by atoms with van der Waals surface area (Å²) in [6, 6.07) is 4.08. The molecule has 0 saturated carbocycles. The molecule has 1 fully saturated rings. The van der Waals surface area contributed by atoms with Gasteiger partial charge < -0.3 is 9.84 Å². The van der Waals surface area contributed by atoms with Gasteiger partial charge in [-0.05, 0) is 37.1 Å². The van der Waals surface area contributed by atoms with E-state index in [0.29, 0.717) is 26.1 Å². The standard InChI is InChI=1S/C12H16O3S/c13-11(14)12(5-7-15-8-6-12)4-3-10-2-1-9-16-10/h1-2,9H,3-8H2,(H,13,14). The molecule has 0 atom stereocenters. The summed E-state index contributed by atoms with van der Waals surface area (Å²) < 4.78 is 5.25. The van der Waals surface area contributed by atoms with Crippen LogP contribution in [0.4, 0.5) is 0 Å². The first-order chi connectivity index (χ1) is 7.73. The Bertz CT molecular complexity index is 339. The lowest BCUT2D eigenvalue weighted by atomic mass is 9.76. The van der Waals surface area contributed by atoms with Crippen LogP contribution in [0.5, 0.6) is 0 Å². The van der Waals surface area contributed by atoms with Crippen LogP contribution in [0.25, 0.3) is 0 Å². The fourth-order valence-electron chi connectivity index (χ4n) is 2.15. The van der Waals surface area contributed by atoms with Crippen molar-refractivity contribution in [2.75, 3.05) is 13.2 Å². The van der Waals surface area contributed by atoms with Gasteiger partial charge in [0, 0.05) is 18.1 Å². The Balaban J connectivity index is 2.00. The van der Waals surface area contributed by atoms with Crippen LogP contribution in [0, 0.1) is 5.41 Å². The van der Waals surface area contributed by atoms with Gasteiger partial charge in [0.1, 0.15) is 0 Å². The largest absolute Gasteiger partial charge is 0.481 e. The zero-order chi connectivity index (χ0) is 11.4. The number of hydrogen-bond donors (Lipinski definition) is 1. The van der Waals surface area contributed by atoms with E-state index in [1.165, 1.54) is 4.88 Å². The highest BCUT2D eigenvalue weighted by Gasteiger charge is 2.39. The number of carbonyl (C=O) groups is 1. The second-order valence-electron chi connectivity index (χ2n) is 4.28. The zero-order valence-electron chi connectivity index (χ0n) is 9.15. The summed E-state index contributed by atoms with van der Waals surface area (Å²) in [7, 11) is 0. The van der Waals surface area contributed by atoms with Crippen LogP contribution in [0.1, 0.15) is 24.1 Å². The SMILES string of the molecule is O=C(O)C1(CCc2cccs2)CCOCC1. The maximum atomic E-state index is 11.4. The van der Waals surface area contributed by atoms with Gasteiger partial charge in [-0.3, -0.25) is 4.79 Å². The number of aryl methyl sites for hydroxylation is 1. The number of hydrogen-bond acceptors (Lipinski definition) is 3. The monoisotopic (exact) mass is 240 g/mol. The van der Waals surface area contributed by atoms with E-state index in [9.17, 15) is 9.90 Å². The lowest BCUT2D eigenvalue weighted by Crippen LogP contribution is -2.37. The highest BCUT2D eigenvalue weighted by atomic mass is 32.1. The normalized spacial score (nSPS) is 19.5. The number of carboxylic acids is 1. The first-order valence-electron chi connectivity index (χ1n) is 5.56. The molecule has 2 heterocycles. The molecule has 0 radical (unpaired) electrons. The highest BCUT2D eigenvalue weighted by molar-refractivity contribution is 7.09. The minimum absolute atomic E-state index is 0.553. The number of carboxylic acid groups (broad SMARTS) is 1. The van der Waals surface area contributed by atoms with Crippen molar-refractivity contribution >= 4 is 17.3 Å². The number of aliphatic carboxylic acids is 1. The molecule has 1 aliphatic heterocycles. The summed E-state index contributed by atoms with van der Waals surface area (Å²) in [6.45, 7) is 1.16. The number of rotatable bonds is 4. The zero-order valence-corrected chi connectivity index (χ0v) is 9.96. The number of ether oxygens (including phenoxy) is 1. The van der Waals surface area contributed by atoms with Crippen molar-refractivity contribution in [1.29, 1.82) is 0 Å². The first kappa shape index (κ1) is 11.6. The first-order valence-corrected chi connectivity index (χ1v) is 6.44. The molecule has 0 aromatic carbocycles. The van der Waals surface area contributed by atoms with E-state index in [2.05, 4.69) is 6.07 Å². The molecule has 0 bridgehead atoms. The molecule has 1 saturated heterocycles. The van der Waals surface area contributed by atoms with E-state index < -0.39 is 11.4 Å². The molecule has 0 spiro atoms. The Morgan fingerprint density at radius 2 is 2.25 bits per heavy atom. The third-order valence-electron chi connectivity index (χ3n) is 3.33. The van der Waals surface area contributed by atoms with Crippen LogP contribution in [-0.4, -0.2) is 24.3 Å². The van der Waals surface area contributed by atoms with E-state index >= 15 is 0 Å². The van der Waals surface area contributed by atoms with Gasteiger partial charge in [-0.2, -0.15) is 0 Å². The Kier molecular flexibility index (Phi) is 3.61. The van der Waals surface area contributed by atoms with Gasteiger partial charge in [0.05, 0.1) is 5.41 Å². The predicted molar refractivity (Wildman–Crippen MR) is 62.8 cm³/mol. The van der Waals surface area contributed by atoms with Crippen LogP contribution in [0.15, 0.2) is 17.5 Å². The molecular formula is C12H16O3S. The minimum atomic E-state index is -0.660. The van der Waals surface area contributed by atoms with Crippen molar-refractivity contribution in [3.05, 3.63) is 22.4 Å². The molecule has 2 rings (SSSR count). The lowest BCUT2D eigenvalue weighted by Gasteiger charge is -2.32. The number of thiophene rings is 1. The molecule has 1 aromatic heterocycles. The molecule has 1 N–H and O–H groups in total. The van der Waals surface area contributed by atoms with Crippen LogP contribution in [-0.2, 0) is 16.0 Å². The predicted octanol–water partition coefficient (Wildman–Crippen LogP) is 2.56. The van der Waals surface area contributed by atoms with Crippen molar-refractivity contribution in [1.82, 2.24) is 0 Å². The van der Waals surface area contributed by atoms with Crippen molar-refractivity contribution in [2.24, 2.45) is 5.41 Å². The Morgan fingerprint density at radius 3 is 2.81 bits per heavy atom. The molecule has 1 aromatic rings. The fourth-order valence-corrected chi connectivity index (χ4v) is 2.86. The topological polar surface area (TPSA) is 46.5 Å². The molecule has 0 unspecified atom stereocenters.